The third-order valence-electron chi connectivity index (χ3n) is 5.42. The van der Waals surface area contributed by atoms with E-state index in [0.29, 0.717) is 49.3 Å². The SMILES string of the molecule is COc1cc(CN[C@@H](Cc2cc(=O)[nH]c(C(C)C)n2)c2ccccc2)cc2c1OCCO2. The molecule has 1 aliphatic rings. The smallest absolute Gasteiger partial charge is 0.251 e. The predicted molar refractivity (Wildman–Crippen MR) is 123 cm³/mol. The first-order chi connectivity index (χ1) is 15.5. The zero-order valence-corrected chi connectivity index (χ0v) is 18.7. The highest BCUT2D eigenvalue weighted by Gasteiger charge is 2.20. The van der Waals surface area contributed by atoms with Gasteiger partial charge in [-0.1, -0.05) is 44.2 Å². The Balaban J connectivity index is 1.58. The van der Waals surface area contributed by atoms with Crippen LogP contribution in [0.4, 0.5) is 0 Å². The average molecular weight is 436 g/mol. The van der Waals surface area contributed by atoms with E-state index in [9.17, 15) is 4.79 Å². The number of aromatic amines is 1. The summed E-state index contributed by atoms with van der Waals surface area (Å²) in [4.78, 5) is 19.7. The molecule has 1 aliphatic heterocycles. The van der Waals surface area contributed by atoms with E-state index < -0.39 is 0 Å². The number of methoxy groups -OCH3 is 1. The van der Waals surface area contributed by atoms with Crippen LogP contribution < -0.4 is 25.1 Å². The van der Waals surface area contributed by atoms with E-state index in [4.69, 9.17) is 14.2 Å². The van der Waals surface area contributed by atoms with Crippen molar-refractivity contribution in [3.05, 3.63) is 81.5 Å². The topological polar surface area (TPSA) is 85.5 Å². The molecule has 0 spiro atoms. The lowest BCUT2D eigenvalue weighted by Gasteiger charge is -2.23. The third kappa shape index (κ3) is 5.11. The van der Waals surface area contributed by atoms with E-state index in [1.807, 2.05) is 44.2 Å². The Kier molecular flexibility index (Phi) is 6.75. The van der Waals surface area contributed by atoms with Gasteiger partial charge in [-0.2, -0.15) is 0 Å². The van der Waals surface area contributed by atoms with Gasteiger partial charge >= 0.3 is 0 Å². The molecule has 0 aliphatic carbocycles. The van der Waals surface area contributed by atoms with Crippen molar-refractivity contribution in [2.24, 2.45) is 0 Å². The van der Waals surface area contributed by atoms with Crippen LogP contribution in [-0.2, 0) is 13.0 Å². The fourth-order valence-corrected chi connectivity index (χ4v) is 3.78. The molecular weight excluding hydrogens is 406 g/mol. The molecule has 0 bridgehead atoms. The molecule has 0 fully saturated rings. The minimum atomic E-state index is -0.123. The van der Waals surface area contributed by atoms with Crippen molar-refractivity contribution >= 4 is 0 Å². The number of fused-ring (bicyclic) bond motifs is 1. The summed E-state index contributed by atoms with van der Waals surface area (Å²) >= 11 is 0. The molecule has 32 heavy (non-hydrogen) atoms. The average Bonchev–Trinajstić information content (AvgIpc) is 2.81. The maximum atomic E-state index is 12.2. The molecule has 168 valence electrons. The second-order valence-electron chi connectivity index (χ2n) is 8.15. The summed E-state index contributed by atoms with van der Waals surface area (Å²) in [6, 6.07) is 15.7. The van der Waals surface area contributed by atoms with Crippen LogP contribution in [-0.4, -0.2) is 30.3 Å². The fourth-order valence-electron chi connectivity index (χ4n) is 3.78. The van der Waals surface area contributed by atoms with Crippen LogP contribution in [0.5, 0.6) is 17.2 Å². The van der Waals surface area contributed by atoms with Crippen molar-refractivity contribution in [2.75, 3.05) is 20.3 Å². The third-order valence-corrected chi connectivity index (χ3v) is 5.42. The molecule has 2 heterocycles. The van der Waals surface area contributed by atoms with Crippen LogP contribution in [0, 0.1) is 0 Å². The minimum Gasteiger partial charge on any atom is -0.493 e. The van der Waals surface area contributed by atoms with E-state index >= 15 is 0 Å². The standard InChI is InChI=1S/C25H29N3O4/c1-16(2)25-27-19(14-23(29)28-25)13-20(18-7-5-4-6-8-18)26-15-17-11-21(30-3)24-22(12-17)31-9-10-32-24/h4-8,11-12,14,16,20,26H,9-10,13,15H2,1-3H3,(H,27,28,29)/t20-/m0/s1. The van der Waals surface area contributed by atoms with Crippen molar-refractivity contribution in [1.29, 1.82) is 0 Å². The van der Waals surface area contributed by atoms with Gasteiger partial charge in [0.05, 0.1) is 7.11 Å². The van der Waals surface area contributed by atoms with E-state index in [1.165, 1.54) is 0 Å². The minimum absolute atomic E-state index is 0.0234. The van der Waals surface area contributed by atoms with Gasteiger partial charge in [0.2, 0.25) is 5.75 Å². The zero-order chi connectivity index (χ0) is 22.5. The summed E-state index contributed by atoms with van der Waals surface area (Å²) in [5, 5.41) is 3.62. The molecule has 4 rings (SSSR count). The summed E-state index contributed by atoms with van der Waals surface area (Å²) in [6.45, 7) is 5.66. The molecule has 0 radical (unpaired) electrons. The molecule has 2 aromatic carbocycles. The molecule has 7 heteroatoms. The lowest BCUT2D eigenvalue weighted by Crippen LogP contribution is -2.25. The van der Waals surface area contributed by atoms with Gasteiger partial charge in [-0.25, -0.2) is 4.98 Å². The van der Waals surface area contributed by atoms with Crippen molar-refractivity contribution in [3.63, 3.8) is 0 Å². The van der Waals surface area contributed by atoms with Crippen LogP contribution in [0.25, 0.3) is 0 Å². The van der Waals surface area contributed by atoms with Gasteiger partial charge in [-0.05, 0) is 23.3 Å². The highest BCUT2D eigenvalue weighted by Crippen LogP contribution is 2.40. The number of H-pyrrole nitrogens is 1. The molecule has 2 N–H and O–H groups in total. The maximum absolute atomic E-state index is 12.2. The lowest BCUT2D eigenvalue weighted by atomic mass is 10.0. The molecule has 0 saturated carbocycles. The van der Waals surface area contributed by atoms with Crippen LogP contribution in [0.1, 0.15) is 48.5 Å². The number of hydrogen-bond acceptors (Lipinski definition) is 6. The van der Waals surface area contributed by atoms with Gasteiger partial charge in [0.25, 0.3) is 5.56 Å². The molecule has 1 atom stereocenters. The van der Waals surface area contributed by atoms with Gasteiger partial charge in [0, 0.05) is 36.7 Å². The first-order valence-corrected chi connectivity index (χ1v) is 10.9. The largest absolute Gasteiger partial charge is 0.493 e. The molecule has 0 unspecified atom stereocenters. The van der Waals surface area contributed by atoms with E-state index in [1.54, 1.807) is 13.2 Å². The van der Waals surface area contributed by atoms with E-state index in [0.717, 1.165) is 16.8 Å². The second-order valence-corrected chi connectivity index (χ2v) is 8.15. The number of nitrogens with zero attached hydrogens (tertiary/aromatic N) is 1. The maximum Gasteiger partial charge on any atom is 0.251 e. The normalized spacial score (nSPS) is 13.8. The molecule has 0 amide bonds. The summed E-state index contributed by atoms with van der Waals surface area (Å²) in [6.07, 6.45) is 0.593. The Morgan fingerprint density at radius 3 is 2.66 bits per heavy atom. The summed E-state index contributed by atoms with van der Waals surface area (Å²) in [5.74, 6) is 2.86. The zero-order valence-electron chi connectivity index (χ0n) is 18.7. The number of rotatable bonds is 8. The van der Waals surface area contributed by atoms with E-state index in [-0.39, 0.29) is 17.5 Å². The summed E-state index contributed by atoms with van der Waals surface area (Å²) < 4.78 is 17.0. The number of benzene rings is 2. The van der Waals surface area contributed by atoms with Crippen LogP contribution in [0.3, 0.4) is 0 Å². The van der Waals surface area contributed by atoms with E-state index in [2.05, 4.69) is 27.4 Å². The predicted octanol–water partition coefficient (Wildman–Crippen LogP) is 3.75. The van der Waals surface area contributed by atoms with Crippen molar-refractivity contribution in [1.82, 2.24) is 15.3 Å². The van der Waals surface area contributed by atoms with Crippen LogP contribution >= 0.6 is 0 Å². The lowest BCUT2D eigenvalue weighted by molar-refractivity contribution is 0.165. The summed E-state index contributed by atoms with van der Waals surface area (Å²) in [5.41, 5.74) is 2.79. The van der Waals surface area contributed by atoms with Gasteiger partial charge in [0.1, 0.15) is 19.0 Å². The van der Waals surface area contributed by atoms with Crippen molar-refractivity contribution in [2.45, 2.75) is 38.8 Å². The molecular formula is C25H29N3O4. The van der Waals surface area contributed by atoms with Crippen LogP contribution in [0.2, 0.25) is 0 Å². The van der Waals surface area contributed by atoms with Gasteiger partial charge in [-0.15, -0.1) is 0 Å². The van der Waals surface area contributed by atoms with Gasteiger partial charge in [0.15, 0.2) is 11.5 Å². The van der Waals surface area contributed by atoms with Crippen molar-refractivity contribution in [3.8, 4) is 17.2 Å². The quantitative estimate of drug-likeness (QED) is 0.561. The monoisotopic (exact) mass is 435 g/mol. The van der Waals surface area contributed by atoms with Gasteiger partial charge < -0.3 is 24.5 Å². The Morgan fingerprint density at radius 2 is 1.91 bits per heavy atom. The number of ether oxygens (including phenoxy) is 3. The second kappa shape index (κ2) is 9.87. The summed E-state index contributed by atoms with van der Waals surface area (Å²) in [7, 11) is 1.63. The number of nitrogens with one attached hydrogen (secondary N) is 2. The molecule has 3 aromatic rings. The van der Waals surface area contributed by atoms with Gasteiger partial charge in [-0.3, -0.25) is 4.79 Å². The Hall–Kier alpha value is -3.32. The Labute approximate surface area is 187 Å². The Bertz CT molecular complexity index is 1090. The highest BCUT2D eigenvalue weighted by atomic mass is 16.6. The highest BCUT2D eigenvalue weighted by molar-refractivity contribution is 5.54. The van der Waals surface area contributed by atoms with Crippen molar-refractivity contribution < 1.29 is 14.2 Å². The van der Waals surface area contributed by atoms with Crippen LogP contribution in [0.15, 0.2) is 53.3 Å². The molecule has 1 aromatic heterocycles. The first-order valence-electron chi connectivity index (χ1n) is 10.9. The molecule has 0 saturated heterocycles. The molecule has 7 nitrogen and oxygen atoms in total. The number of hydrogen-bond donors (Lipinski definition) is 2. The first kappa shape index (κ1) is 21.9. The Morgan fingerprint density at radius 1 is 1.12 bits per heavy atom. The fraction of sp³-hybridized carbons (Fsp3) is 0.360. The number of aromatic nitrogens is 2.